The van der Waals surface area contributed by atoms with E-state index in [2.05, 4.69) is 24.3 Å². The average molecular weight is 207 g/mol. The fourth-order valence-electron chi connectivity index (χ4n) is 1.52. The van der Waals surface area contributed by atoms with Crippen molar-refractivity contribution in [1.29, 1.82) is 0 Å². The number of hydrogen-bond acceptors (Lipinski definition) is 2. The van der Waals surface area contributed by atoms with Gasteiger partial charge in [-0.15, -0.1) is 0 Å². The Balaban J connectivity index is 2.57. The normalized spacial score (nSPS) is 11.7. The highest BCUT2D eigenvalue weighted by atomic mass is 16.5. The van der Waals surface area contributed by atoms with Crippen molar-refractivity contribution in [2.24, 2.45) is 5.73 Å². The number of nitrogens with two attached hydrogens (primary N) is 1. The van der Waals surface area contributed by atoms with E-state index in [1.807, 2.05) is 13.8 Å². The molecule has 0 unspecified atom stereocenters. The van der Waals surface area contributed by atoms with Gasteiger partial charge in [0.2, 0.25) is 0 Å². The Morgan fingerprint density at radius 1 is 1.20 bits per heavy atom. The van der Waals surface area contributed by atoms with Crippen molar-refractivity contribution in [3.05, 3.63) is 35.4 Å². The molecule has 0 spiro atoms. The Morgan fingerprint density at radius 3 is 2.27 bits per heavy atom. The lowest BCUT2D eigenvalue weighted by Gasteiger charge is -2.19. The van der Waals surface area contributed by atoms with Crippen LogP contribution in [0.5, 0.6) is 0 Å². The van der Waals surface area contributed by atoms with E-state index in [-0.39, 0.29) is 5.54 Å². The van der Waals surface area contributed by atoms with E-state index in [0.29, 0.717) is 0 Å². The Kier molecular flexibility index (Phi) is 4.30. The van der Waals surface area contributed by atoms with E-state index in [4.69, 9.17) is 10.5 Å². The molecule has 1 rings (SSSR count). The molecule has 0 aromatic heterocycles. The first-order valence-electron chi connectivity index (χ1n) is 5.41. The maximum Gasteiger partial charge on any atom is 0.0465 e. The van der Waals surface area contributed by atoms with Gasteiger partial charge in [-0.05, 0) is 37.8 Å². The van der Waals surface area contributed by atoms with Gasteiger partial charge >= 0.3 is 0 Å². The topological polar surface area (TPSA) is 35.2 Å². The van der Waals surface area contributed by atoms with Crippen LogP contribution in [0.1, 0.15) is 31.4 Å². The molecular weight excluding hydrogens is 186 g/mol. The molecule has 1 aromatic carbocycles. The van der Waals surface area contributed by atoms with E-state index in [0.717, 1.165) is 19.4 Å². The summed E-state index contributed by atoms with van der Waals surface area (Å²) in [6.07, 6.45) is 2.14. The third kappa shape index (κ3) is 4.02. The lowest BCUT2D eigenvalue weighted by molar-refractivity contribution is 0.195. The molecule has 0 atom stereocenters. The van der Waals surface area contributed by atoms with Crippen molar-refractivity contribution in [2.75, 3.05) is 13.7 Å². The Morgan fingerprint density at radius 2 is 1.80 bits per heavy atom. The summed E-state index contributed by atoms with van der Waals surface area (Å²) in [6.45, 7) is 4.87. The van der Waals surface area contributed by atoms with Gasteiger partial charge in [0.1, 0.15) is 0 Å². The molecule has 0 aliphatic carbocycles. The molecule has 1 aromatic rings. The molecule has 15 heavy (non-hydrogen) atoms. The standard InChI is InChI=1S/C13H21NO/c1-13(2,14)12-8-6-11(7-9-12)5-4-10-15-3/h6-9H,4-5,10,14H2,1-3H3. The van der Waals surface area contributed by atoms with Crippen molar-refractivity contribution < 1.29 is 4.74 Å². The molecule has 0 aliphatic rings. The summed E-state index contributed by atoms with van der Waals surface area (Å²) in [5, 5.41) is 0. The van der Waals surface area contributed by atoms with Crippen molar-refractivity contribution >= 4 is 0 Å². The number of methoxy groups -OCH3 is 1. The molecule has 0 heterocycles. The zero-order chi connectivity index (χ0) is 11.3. The number of ether oxygens (including phenoxy) is 1. The molecule has 0 aliphatic heterocycles. The minimum Gasteiger partial charge on any atom is -0.385 e. The summed E-state index contributed by atoms with van der Waals surface area (Å²) in [5.74, 6) is 0. The van der Waals surface area contributed by atoms with Crippen LogP contribution in [0.3, 0.4) is 0 Å². The zero-order valence-corrected chi connectivity index (χ0v) is 9.92. The quantitative estimate of drug-likeness (QED) is 0.753. The number of aryl methyl sites for hydroxylation is 1. The smallest absolute Gasteiger partial charge is 0.0465 e. The van der Waals surface area contributed by atoms with Gasteiger partial charge in [0, 0.05) is 19.3 Å². The summed E-state index contributed by atoms with van der Waals surface area (Å²) in [6, 6.07) is 8.53. The summed E-state index contributed by atoms with van der Waals surface area (Å²) in [7, 11) is 1.74. The number of hydrogen-bond donors (Lipinski definition) is 1. The minimum absolute atomic E-state index is 0.245. The monoisotopic (exact) mass is 207 g/mol. The van der Waals surface area contributed by atoms with Crippen LogP contribution in [0.4, 0.5) is 0 Å². The van der Waals surface area contributed by atoms with Gasteiger partial charge in [-0.3, -0.25) is 0 Å². The Bertz CT molecular complexity index is 284. The third-order valence-electron chi connectivity index (χ3n) is 2.51. The largest absolute Gasteiger partial charge is 0.385 e. The summed E-state index contributed by atoms with van der Waals surface area (Å²) >= 11 is 0. The van der Waals surface area contributed by atoms with Gasteiger partial charge < -0.3 is 10.5 Å². The fraction of sp³-hybridized carbons (Fsp3) is 0.538. The lowest BCUT2D eigenvalue weighted by Crippen LogP contribution is -2.28. The minimum atomic E-state index is -0.245. The highest BCUT2D eigenvalue weighted by Crippen LogP contribution is 2.17. The van der Waals surface area contributed by atoms with Crippen LogP contribution < -0.4 is 5.73 Å². The highest BCUT2D eigenvalue weighted by molar-refractivity contribution is 5.27. The van der Waals surface area contributed by atoms with Gasteiger partial charge in [-0.2, -0.15) is 0 Å². The van der Waals surface area contributed by atoms with Crippen molar-refractivity contribution in [1.82, 2.24) is 0 Å². The van der Waals surface area contributed by atoms with Gasteiger partial charge in [-0.25, -0.2) is 0 Å². The van der Waals surface area contributed by atoms with E-state index in [9.17, 15) is 0 Å². The maximum atomic E-state index is 6.01. The summed E-state index contributed by atoms with van der Waals surface area (Å²) < 4.78 is 5.02. The van der Waals surface area contributed by atoms with Crippen molar-refractivity contribution in [2.45, 2.75) is 32.2 Å². The Labute approximate surface area is 92.4 Å². The second-order valence-electron chi connectivity index (χ2n) is 4.51. The molecule has 0 bridgehead atoms. The predicted octanol–water partition coefficient (Wildman–Crippen LogP) is 2.46. The lowest BCUT2D eigenvalue weighted by atomic mass is 9.94. The van der Waals surface area contributed by atoms with Gasteiger partial charge in [0.15, 0.2) is 0 Å². The Hall–Kier alpha value is -0.860. The summed E-state index contributed by atoms with van der Waals surface area (Å²) in [4.78, 5) is 0. The first-order chi connectivity index (χ1) is 7.04. The molecule has 2 heteroatoms. The first-order valence-corrected chi connectivity index (χ1v) is 5.41. The first kappa shape index (κ1) is 12.2. The van der Waals surface area contributed by atoms with E-state index >= 15 is 0 Å². The van der Waals surface area contributed by atoms with Crippen molar-refractivity contribution in [3.8, 4) is 0 Å². The van der Waals surface area contributed by atoms with Gasteiger partial charge in [0.05, 0.1) is 0 Å². The highest BCUT2D eigenvalue weighted by Gasteiger charge is 2.12. The van der Waals surface area contributed by atoms with Crippen LogP contribution in [0.2, 0.25) is 0 Å². The molecule has 0 fully saturated rings. The molecule has 0 amide bonds. The van der Waals surface area contributed by atoms with Crippen LogP contribution in [0, 0.1) is 0 Å². The average Bonchev–Trinajstić information content (AvgIpc) is 2.18. The molecule has 0 radical (unpaired) electrons. The third-order valence-corrected chi connectivity index (χ3v) is 2.51. The predicted molar refractivity (Wildman–Crippen MR) is 63.9 cm³/mol. The van der Waals surface area contributed by atoms with Gasteiger partial charge in [-0.1, -0.05) is 24.3 Å². The molecule has 2 N–H and O–H groups in total. The fourth-order valence-corrected chi connectivity index (χ4v) is 1.52. The van der Waals surface area contributed by atoms with Crippen LogP contribution in [-0.4, -0.2) is 13.7 Å². The van der Waals surface area contributed by atoms with Crippen LogP contribution >= 0.6 is 0 Å². The SMILES string of the molecule is COCCCc1ccc(C(C)(C)N)cc1. The molecule has 84 valence electrons. The summed E-state index contributed by atoms with van der Waals surface area (Å²) in [5.41, 5.74) is 8.29. The maximum absolute atomic E-state index is 6.01. The molecular formula is C13H21NO. The van der Waals surface area contributed by atoms with E-state index in [1.165, 1.54) is 11.1 Å². The van der Waals surface area contributed by atoms with E-state index in [1.54, 1.807) is 7.11 Å². The van der Waals surface area contributed by atoms with E-state index < -0.39 is 0 Å². The molecule has 2 nitrogen and oxygen atoms in total. The molecule has 0 saturated heterocycles. The second kappa shape index (κ2) is 5.29. The van der Waals surface area contributed by atoms with Crippen LogP contribution in [0.15, 0.2) is 24.3 Å². The van der Waals surface area contributed by atoms with Crippen LogP contribution in [0.25, 0.3) is 0 Å². The van der Waals surface area contributed by atoms with Gasteiger partial charge in [0.25, 0.3) is 0 Å². The number of rotatable bonds is 5. The second-order valence-corrected chi connectivity index (χ2v) is 4.51. The molecule has 0 saturated carbocycles. The zero-order valence-electron chi connectivity index (χ0n) is 9.92. The van der Waals surface area contributed by atoms with Crippen LogP contribution in [-0.2, 0) is 16.7 Å². The van der Waals surface area contributed by atoms with Crippen molar-refractivity contribution in [3.63, 3.8) is 0 Å². The number of benzene rings is 1.